The Balaban J connectivity index is 6.37. The lowest BCUT2D eigenvalue weighted by atomic mass is 9.88. The van der Waals surface area contributed by atoms with Crippen molar-refractivity contribution in [3.05, 3.63) is 0 Å². The number of Topliss-reactive ketones (excluding diaryl/α,β-unsaturated/α-hetero) is 5. The fraction of sp³-hybridized carbons (Fsp3) is 0.727. The number of nitrogens with one attached hydrogen (secondary N) is 5. The Bertz CT molecular complexity index is 1750. The lowest BCUT2D eigenvalue weighted by Gasteiger charge is -2.26. The van der Waals surface area contributed by atoms with Crippen LogP contribution in [-0.4, -0.2) is 119 Å². The van der Waals surface area contributed by atoms with Crippen molar-refractivity contribution in [2.75, 3.05) is 13.1 Å². The molecular weight excluding hydrogens is 875 g/mol. The predicted octanol–water partition coefficient (Wildman–Crippen LogP) is -1.30. The molecule has 0 saturated heterocycles. The van der Waals surface area contributed by atoms with Gasteiger partial charge in [0.2, 0.25) is 29.5 Å². The van der Waals surface area contributed by atoms with Crippen molar-refractivity contribution in [3.8, 4) is 0 Å². The van der Waals surface area contributed by atoms with Crippen LogP contribution < -0.4 is 55.3 Å². The van der Waals surface area contributed by atoms with Crippen LogP contribution in [-0.2, 0) is 52.7 Å². The first-order valence-corrected chi connectivity index (χ1v) is 22.7. The Morgan fingerprint density at radius 2 is 1.18 bits per heavy atom. The second-order valence-corrected chi connectivity index (χ2v) is 17.9. The molecule has 7 atom stereocenters. The molecule has 380 valence electrons. The van der Waals surface area contributed by atoms with Gasteiger partial charge in [-0.1, -0.05) is 34.6 Å². The molecule has 7 unspecified atom stereocenters. The van der Waals surface area contributed by atoms with Crippen molar-refractivity contribution >= 4 is 70.4 Å². The number of carbonyl (C=O) groups is 11. The third-order valence-corrected chi connectivity index (χ3v) is 10.7. The number of carboxylic acids is 1. The van der Waals surface area contributed by atoms with Crippen molar-refractivity contribution < 1.29 is 57.8 Å². The quantitative estimate of drug-likeness (QED) is 0.0149. The molecule has 0 bridgehead atoms. The largest absolute Gasteiger partial charge is 0.481 e. The fourth-order valence-electron chi connectivity index (χ4n) is 7.12. The summed E-state index contributed by atoms with van der Waals surface area (Å²) in [5, 5.41) is 22.3. The van der Waals surface area contributed by atoms with E-state index in [4.69, 9.17) is 33.8 Å². The molecule has 0 radical (unpaired) electrons. The lowest BCUT2D eigenvalue weighted by Crippen LogP contribution is -2.49. The number of nitrogens with two attached hydrogens (primary N) is 5. The van der Waals surface area contributed by atoms with Gasteiger partial charge in [-0.2, -0.15) is 0 Å². The Labute approximate surface area is 392 Å². The molecule has 0 aliphatic rings. The third-order valence-electron chi connectivity index (χ3n) is 10.7. The minimum absolute atomic E-state index is 0.0644. The number of ketones is 5. The van der Waals surface area contributed by atoms with Crippen LogP contribution in [0.1, 0.15) is 132 Å². The van der Waals surface area contributed by atoms with E-state index >= 15 is 0 Å². The first kappa shape index (κ1) is 61.3. The van der Waals surface area contributed by atoms with Crippen LogP contribution in [0.4, 0.5) is 0 Å². The molecule has 0 rings (SSSR count). The molecule has 0 aromatic heterocycles. The SMILES string of the molecule is CC(=O)CC(CC(=O)C(CC(C)C)NC(=O)C(C)CC(=O)C(CCCNC(N)N)NC(=O)C(CCCN=C(N)N)CC(=O)C(NC(=O)CCC(=O)C(CCC(=O)O)NC(C)=O)C(C)C)C(N)=O. The monoisotopic (exact) mass is 952 g/mol. The van der Waals surface area contributed by atoms with E-state index in [1.807, 2.05) is 13.8 Å². The van der Waals surface area contributed by atoms with Gasteiger partial charge >= 0.3 is 5.97 Å². The summed E-state index contributed by atoms with van der Waals surface area (Å²) in [6.45, 7) is 11.3. The zero-order chi connectivity index (χ0) is 51.6. The second kappa shape index (κ2) is 32.1. The van der Waals surface area contributed by atoms with Gasteiger partial charge in [-0.25, -0.2) is 0 Å². The van der Waals surface area contributed by atoms with Gasteiger partial charge < -0.3 is 59.8 Å². The molecule has 23 nitrogen and oxygen atoms in total. The van der Waals surface area contributed by atoms with Gasteiger partial charge in [0.15, 0.2) is 29.1 Å². The molecule has 0 aromatic rings. The molecular formula is C44H77N11O12. The predicted molar refractivity (Wildman–Crippen MR) is 248 cm³/mol. The maximum atomic E-state index is 14.1. The number of aliphatic imine (C=N–C) groups is 1. The van der Waals surface area contributed by atoms with Gasteiger partial charge in [0, 0.05) is 70.3 Å². The molecule has 0 spiro atoms. The number of nitrogens with zero attached hydrogens (tertiary/aromatic N) is 1. The van der Waals surface area contributed by atoms with Crippen molar-refractivity contribution in [1.29, 1.82) is 0 Å². The highest BCUT2D eigenvalue weighted by Gasteiger charge is 2.34. The van der Waals surface area contributed by atoms with Crippen LogP contribution in [0.25, 0.3) is 0 Å². The number of rotatable bonds is 37. The highest BCUT2D eigenvalue weighted by atomic mass is 16.4. The maximum absolute atomic E-state index is 14.1. The molecule has 0 saturated carbocycles. The van der Waals surface area contributed by atoms with E-state index < -0.39 is 126 Å². The van der Waals surface area contributed by atoms with E-state index in [1.54, 1.807) is 13.8 Å². The highest BCUT2D eigenvalue weighted by Crippen LogP contribution is 2.20. The summed E-state index contributed by atoms with van der Waals surface area (Å²) >= 11 is 0. The molecule has 23 heteroatoms. The molecule has 0 aliphatic heterocycles. The lowest BCUT2D eigenvalue weighted by molar-refractivity contribution is -0.138. The van der Waals surface area contributed by atoms with Gasteiger partial charge in [0.25, 0.3) is 0 Å². The van der Waals surface area contributed by atoms with Crippen LogP contribution in [0, 0.1) is 29.6 Å². The number of aliphatic carboxylic acids is 1. The molecule has 0 aliphatic carbocycles. The van der Waals surface area contributed by atoms with Crippen LogP contribution in [0.15, 0.2) is 4.99 Å². The summed E-state index contributed by atoms with van der Waals surface area (Å²) in [4.78, 5) is 145. The number of primary amides is 1. The van der Waals surface area contributed by atoms with Crippen LogP contribution in [0.3, 0.4) is 0 Å². The van der Waals surface area contributed by atoms with Crippen molar-refractivity contribution in [2.24, 2.45) is 63.3 Å². The molecule has 0 fully saturated rings. The van der Waals surface area contributed by atoms with Crippen molar-refractivity contribution in [2.45, 2.75) is 162 Å². The summed E-state index contributed by atoms with van der Waals surface area (Å²) in [6, 6.07) is -4.45. The van der Waals surface area contributed by atoms with Crippen LogP contribution in [0.5, 0.6) is 0 Å². The number of hydrogen-bond donors (Lipinski definition) is 11. The zero-order valence-corrected chi connectivity index (χ0v) is 40.2. The zero-order valence-electron chi connectivity index (χ0n) is 40.2. The summed E-state index contributed by atoms with van der Waals surface area (Å²) in [5.74, 6) is -10.9. The van der Waals surface area contributed by atoms with Gasteiger partial charge in [-0.3, -0.25) is 58.3 Å². The van der Waals surface area contributed by atoms with Gasteiger partial charge in [0.05, 0.1) is 30.1 Å². The summed E-state index contributed by atoms with van der Waals surface area (Å²) in [7, 11) is 0. The average molecular weight is 952 g/mol. The standard InChI is InChI=1S/C44H77N11O12/c1-23(2)18-32(35(60)22-29(40(45)65)20-26(6)56)54-41(66)25(5)19-34(59)30(11-9-17-51-44(48)49)53-42(67)28(10-8-16-50-43(46)47)21-36(61)39(24(3)4)55-37(62)14-13-33(58)31(52-27(7)57)12-15-38(63)64/h23-25,28-32,39,44,51H,8-22,48-49H2,1-7H3,(H2,45,65)(H,52,57)(H,53,67)(H,54,66)(H,55,62)(H,63,64)(H4,46,47,50). The third kappa shape index (κ3) is 27.5. The van der Waals surface area contributed by atoms with E-state index in [9.17, 15) is 52.7 Å². The molecule has 16 N–H and O–H groups in total. The van der Waals surface area contributed by atoms with Crippen LogP contribution >= 0.6 is 0 Å². The van der Waals surface area contributed by atoms with Crippen molar-refractivity contribution in [1.82, 2.24) is 26.6 Å². The van der Waals surface area contributed by atoms with Crippen LogP contribution in [0.2, 0.25) is 0 Å². The number of amides is 5. The van der Waals surface area contributed by atoms with E-state index in [0.717, 1.165) is 0 Å². The Hall–Kier alpha value is -5.68. The first-order valence-electron chi connectivity index (χ1n) is 22.7. The number of guanidine groups is 1. The number of carbonyl (C=O) groups excluding carboxylic acids is 10. The molecule has 0 heterocycles. The molecule has 0 aromatic carbocycles. The van der Waals surface area contributed by atoms with Crippen molar-refractivity contribution in [3.63, 3.8) is 0 Å². The number of carboxylic acid groups (broad SMARTS) is 1. The molecule has 5 amide bonds. The van der Waals surface area contributed by atoms with Gasteiger partial charge in [-0.05, 0) is 63.8 Å². The summed E-state index contributed by atoms with van der Waals surface area (Å²) in [5.41, 5.74) is 27.6. The fourth-order valence-corrected chi connectivity index (χ4v) is 7.12. The Morgan fingerprint density at radius 3 is 1.70 bits per heavy atom. The molecule has 67 heavy (non-hydrogen) atoms. The van der Waals surface area contributed by atoms with E-state index in [1.165, 1.54) is 20.8 Å². The highest BCUT2D eigenvalue weighted by molar-refractivity contribution is 5.98. The maximum Gasteiger partial charge on any atom is 0.303 e. The van der Waals surface area contributed by atoms with E-state index in [-0.39, 0.29) is 101 Å². The summed E-state index contributed by atoms with van der Waals surface area (Å²) in [6.07, 6.45) is -2.69. The average Bonchev–Trinajstić information content (AvgIpc) is 3.20. The smallest absolute Gasteiger partial charge is 0.303 e. The topological polar surface area (TPSA) is 411 Å². The minimum atomic E-state index is -1.17. The number of hydrogen-bond acceptors (Lipinski definition) is 15. The van der Waals surface area contributed by atoms with E-state index in [2.05, 4.69) is 31.6 Å². The Morgan fingerprint density at radius 1 is 0.597 bits per heavy atom. The normalized spacial score (nSPS) is 14.4. The Kier molecular flexibility index (Phi) is 29.4. The second-order valence-electron chi connectivity index (χ2n) is 17.9. The van der Waals surface area contributed by atoms with E-state index in [0.29, 0.717) is 0 Å². The minimum Gasteiger partial charge on any atom is -0.481 e. The first-order chi connectivity index (χ1) is 31.1. The van der Waals surface area contributed by atoms with Gasteiger partial charge in [-0.15, -0.1) is 0 Å². The summed E-state index contributed by atoms with van der Waals surface area (Å²) < 4.78 is 0. The van der Waals surface area contributed by atoms with Gasteiger partial charge in [0.1, 0.15) is 12.1 Å².